The van der Waals surface area contributed by atoms with E-state index in [1.165, 1.54) is 6.92 Å². The van der Waals surface area contributed by atoms with Crippen LogP contribution in [0.25, 0.3) is 0 Å². The number of anilines is 1. The van der Waals surface area contributed by atoms with Crippen molar-refractivity contribution in [2.45, 2.75) is 19.9 Å². The summed E-state index contributed by atoms with van der Waals surface area (Å²) in [7, 11) is 0. The predicted molar refractivity (Wildman–Crippen MR) is 119 cm³/mol. The fraction of sp³-hybridized carbons (Fsp3) is 0.160. The average molecular weight is 416 g/mol. The molecule has 158 valence electrons. The van der Waals surface area contributed by atoms with Crippen LogP contribution in [0.5, 0.6) is 5.75 Å². The molecule has 0 aliphatic carbocycles. The molecule has 6 heteroatoms. The van der Waals surface area contributed by atoms with Gasteiger partial charge in [-0.3, -0.25) is 14.4 Å². The van der Waals surface area contributed by atoms with Gasteiger partial charge in [0.05, 0.1) is 11.6 Å². The lowest BCUT2D eigenvalue weighted by atomic mass is 10.1. The summed E-state index contributed by atoms with van der Waals surface area (Å²) in [6.07, 6.45) is 0. The highest BCUT2D eigenvalue weighted by Crippen LogP contribution is 2.20. The van der Waals surface area contributed by atoms with Crippen molar-refractivity contribution in [3.05, 3.63) is 95.6 Å². The quantitative estimate of drug-likeness (QED) is 0.533. The first-order valence-electron chi connectivity index (χ1n) is 9.92. The van der Waals surface area contributed by atoms with E-state index in [4.69, 9.17) is 4.74 Å². The minimum atomic E-state index is -0.395. The highest BCUT2D eigenvalue weighted by atomic mass is 16.5. The molecule has 0 saturated carbocycles. The zero-order chi connectivity index (χ0) is 22.2. The fourth-order valence-corrected chi connectivity index (χ4v) is 3.04. The van der Waals surface area contributed by atoms with Crippen LogP contribution in [0.2, 0.25) is 0 Å². The summed E-state index contributed by atoms with van der Waals surface area (Å²) in [6.45, 7) is 3.09. The third kappa shape index (κ3) is 6.02. The molecule has 2 N–H and O–H groups in total. The number of carbonyl (C=O) groups excluding carboxylic acids is 3. The number of nitrogens with one attached hydrogen (secondary N) is 2. The van der Waals surface area contributed by atoms with Gasteiger partial charge in [-0.15, -0.1) is 0 Å². The lowest BCUT2D eigenvalue weighted by molar-refractivity contribution is -0.118. The van der Waals surface area contributed by atoms with Crippen LogP contribution in [0.4, 0.5) is 5.69 Å². The van der Waals surface area contributed by atoms with Crippen molar-refractivity contribution in [1.29, 1.82) is 0 Å². The Labute approximate surface area is 181 Å². The van der Waals surface area contributed by atoms with Crippen molar-refractivity contribution in [2.24, 2.45) is 0 Å². The maximum absolute atomic E-state index is 12.8. The molecule has 0 heterocycles. The minimum absolute atomic E-state index is 0.0861. The van der Waals surface area contributed by atoms with Gasteiger partial charge in [0.2, 0.25) is 0 Å². The largest absolute Gasteiger partial charge is 0.483 e. The molecular formula is C25H24N2O4. The van der Waals surface area contributed by atoms with Crippen molar-refractivity contribution >= 4 is 23.3 Å². The number of rotatable bonds is 8. The van der Waals surface area contributed by atoms with Gasteiger partial charge < -0.3 is 15.4 Å². The monoisotopic (exact) mass is 416 g/mol. The second-order valence-corrected chi connectivity index (χ2v) is 7.08. The molecule has 0 unspecified atom stereocenters. The molecule has 3 rings (SSSR count). The molecule has 0 aliphatic rings. The van der Waals surface area contributed by atoms with Crippen LogP contribution in [0.1, 0.15) is 46.2 Å². The van der Waals surface area contributed by atoms with E-state index in [-0.39, 0.29) is 24.3 Å². The van der Waals surface area contributed by atoms with Crippen LogP contribution in [0.3, 0.4) is 0 Å². The number of amides is 2. The van der Waals surface area contributed by atoms with Crippen molar-refractivity contribution in [1.82, 2.24) is 5.32 Å². The van der Waals surface area contributed by atoms with Crippen LogP contribution in [0, 0.1) is 0 Å². The second kappa shape index (κ2) is 10.2. The van der Waals surface area contributed by atoms with E-state index in [0.29, 0.717) is 22.6 Å². The topological polar surface area (TPSA) is 84.5 Å². The van der Waals surface area contributed by atoms with Gasteiger partial charge in [-0.05, 0) is 43.7 Å². The number of ketones is 1. The maximum Gasteiger partial charge on any atom is 0.262 e. The van der Waals surface area contributed by atoms with Gasteiger partial charge in [0.1, 0.15) is 5.75 Å². The Hall–Kier alpha value is -3.93. The van der Waals surface area contributed by atoms with Gasteiger partial charge in [-0.25, -0.2) is 0 Å². The van der Waals surface area contributed by atoms with Gasteiger partial charge in [0, 0.05) is 11.3 Å². The molecule has 0 spiro atoms. The fourth-order valence-electron chi connectivity index (χ4n) is 3.04. The number of carbonyl (C=O) groups is 3. The Morgan fingerprint density at radius 3 is 2.35 bits per heavy atom. The first-order chi connectivity index (χ1) is 14.9. The van der Waals surface area contributed by atoms with E-state index in [1.807, 2.05) is 37.3 Å². The van der Waals surface area contributed by atoms with E-state index < -0.39 is 5.91 Å². The SMILES string of the molecule is CC(=O)c1cccc(NC(=O)COc2ccccc2C(=O)N[C@@H](C)c2ccccc2)c1. The summed E-state index contributed by atoms with van der Waals surface area (Å²) in [5.41, 5.74) is 2.34. The van der Waals surface area contributed by atoms with Crippen LogP contribution < -0.4 is 15.4 Å². The number of hydrogen-bond acceptors (Lipinski definition) is 4. The van der Waals surface area contributed by atoms with Gasteiger partial charge in [-0.2, -0.15) is 0 Å². The highest BCUT2D eigenvalue weighted by Gasteiger charge is 2.16. The smallest absolute Gasteiger partial charge is 0.262 e. The lowest BCUT2D eigenvalue weighted by Gasteiger charge is -2.16. The third-order valence-corrected chi connectivity index (χ3v) is 4.69. The number of para-hydroxylation sites is 1. The Morgan fingerprint density at radius 2 is 1.61 bits per heavy atom. The molecule has 1 atom stereocenters. The van der Waals surface area contributed by atoms with E-state index in [2.05, 4.69) is 10.6 Å². The highest BCUT2D eigenvalue weighted by molar-refractivity contribution is 5.98. The molecule has 0 aromatic heterocycles. The third-order valence-electron chi connectivity index (χ3n) is 4.69. The second-order valence-electron chi connectivity index (χ2n) is 7.08. The van der Waals surface area contributed by atoms with Crippen LogP contribution in [-0.2, 0) is 4.79 Å². The molecule has 0 bridgehead atoms. The Bertz CT molecular complexity index is 1080. The summed E-state index contributed by atoms with van der Waals surface area (Å²) in [5, 5.41) is 5.64. The number of Topliss-reactive ketones (excluding diaryl/α,β-unsaturated/α-hetero) is 1. The number of hydrogen-bond donors (Lipinski definition) is 2. The molecule has 2 amide bonds. The van der Waals surface area contributed by atoms with E-state index >= 15 is 0 Å². The molecule has 0 radical (unpaired) electrons. The van der Waals surface area contributed by atoms with Gasteiger partial charge in [0.15, 0.2) is 12.4 Å². The summed E-state index contributed by atoms with van der Waals surface area (Å²) < 4.78 is 5.62. The molecule has 6 nitrogen and oxygen atoms in total. The lowest BCUT2D eigenvalue weighted by Crippen LogP contribution is -2.27. The predicted octanol–water partition coefficient (Wildman–Crippen LogP) is 4.40. The van der Waals surface area contributed by atoms with Crippen LogP contribution in [-0.4, -0.2) is 24.2 Å². The first kappa shape index (κ1) is 21.8. The molecular weight excluding hydrogens is 392 g/mol. The zero-order valence-electron chi connectivity index (χ0n) is 17.4. The molecule has 31 heavy (non-hydrogen) atoms. The normalized spacial score (nSPS) is 11.3. The van der Waals surface area contributed by atoms with Crippen molar-refractivity contribution in [2.75, 3.05) is 11.9 Å². The molecule has 0 fully saturated rings. The Balaban J connectivity index is 1.62. The molecule has 0 saturated heterocycles. The van der Waals surface area contributed by atoms with Crippen LogP contribution in [0.15, 0.2) is 78.9 Å². The molecule has 3 aromatic rings. The van der Waals surface area contributed by atoms with Gasteiger partial charge >= 0.3 is 0 Å². The molecule has 3 aromatic carbocycles. The average Bonchev–Trinajstić information content (AvgIpc) is 2.78. The van der Waals surface area contributed by atoms with Gasteiger partial charge in [-0.1, -0.05) is 54.6 Å². The summed E-state index contributed by atoms with van der Waals surface area (Å²) >= 11 is 0. The van der Waals surface area contributed by atoms with Crippen molar-refractivity contribution < 1.29 is 19.1 Å². The summed E-state index contributed by atoms with van der Waals surface area (Å²) in [4.78, 5) is 36.5. The summed E-state index contributed by atoms with van der Waals surface area (Å²) in [6, 6.07) is 22.9. The minimum Gasteiger partial charge on any atom is -0.483 e. The summed E-state index contributed by atoms with van der Waals surface area (Å²) in [5.74, 6) is -0.458. The van der Waals surface area contributed by atoms with E-state index in [0.717, 1.165) is 5.56 Å². The Kier molecular flexibility index (Phi) is 7.17. The van der Waals surface area contributed by atoms with E-state index in [1.54, 1.807) is 48.5 Å². The maximum atomic E-state index is 12.8. The van der Waals surface area contributed by atoms with E-state index in [9.17, 15) is 14.4 Å². The molecule has 0 aliphatic heterocycles. The number of ether oxygens (including phenoxy) is 1. The number of benzene rings is 3. The van der Waals surface area contributed by atoms with Crippen LogP contribution >= 0.6 is 0 Å². The standard InChI is InChI=1S/C25H24N2O4/c1-17(19-9-4-3-5-10-19)26-25(30)22-13-6-7-14-23(22)31-16-24(29)27-21-12-8-11-20(15-21)18(2)28/h3-15,17H,16H2,1-2H3,(H,26,30)(H,27,29)/t17-/m0/s1. The first-order valence-corrected chi connectivity index (χ1v) is 9.92. The van der Waals surface area contributed by atoms with Crippen molar-refractivity contribution in [3.8, 4) is 5.75 Å². The van der Waals surface area contributed by atoms with Gasteiger partial charge in [0.25, 0.3) is 11.8 Å². The zero-order valence-corrected chi connectivity index (χ0v) is 17.4. The van der Waals surface area contributed by atoms with Crippen molar-refractivity contribution in [3.63, 3.8) is 0 Å². The Morgan fingerprint density at radius 1 is 0.903 bits per heavy atom.